The van der Waals surface area contributed by atoms with Gasteiger partial charge < -0.3 is 14.8 Å². The topological polar surface area (TPSA) is 47.6 Å². The minimum atomic E-state index is -0.00764. The molecule has 0 saturated carbocycles. The van der Waals surface area contributed by atoms with Crippen LogP contribution in [0.5, 0.6) is 11.5 Å². The van der Waals surface area contributed by atoms with Gasteiger partial charge in [0, 0.05) is 0 Å². The Kier molecular flexibility index (Phi) is 2.93. The summed E-state index contributed by atoms with van der Waals surface area (Å²) in [6.07, 6.45) is 0. The molecule has 2 rings (SSSR count). The number of hydrogen-bond acceptors (Lipinski definition) is 4. The molecular formula is C10H10BrNO3. The summed E-state index contributed by atoms with van der Waals surface area (Å²) in [6.45, 7) is 0.454. The van der Waals surface area contributed by atoms with Gasteiger partial charge in [-0.3, -0.25) is 4.79 Å². The maximum absolute atomic E-state index is 11.7. The number of hydrogen-bond donors (Lipinski definition) is 1. The Hall–Kier alpha value is -1.07. The van der Waals surface area contributed by atoms with Crippen LogP contribution in [0, 0.1) is 0 Å². The first-order valence-corrected chi connectivity index (χ1v) is 5.29. The van der Waals surface area contributed by atoms with Crippen molar-refractivity contribution in [2.75, 3.05) is 20.4 Å². The first kappa shape index (κ1) is 10.4. The van der Waals surface area contributed by atoms with Crippen LogP contribution in [-0.4, -0.2) is 26.2 Å². The number of fused-ring (bicyclic) bond motifs is 1. The molecule has 0 fully saturated rings. The summed E-state index contributed by atoms with van der Waals surface area (Å²) in [5.74, 6) is 1.13. The standard InChI is InChI=1S/C10H10BrNO3/c1-12-4-8(13)6-2-3-7(11)10-9(6)14-5-15-10/h2-3,12H,4-5H2,1H3. The molecule has 4 nitrogen and oxygen atoms in total. The number of Topliss-reactive ketones (excluding diaryl/α,β-unsaturated/α-hetero) is 1. The zero-order chi connectivity index (χ0) is 10.8. The minimum absolute atomic E-state index is 0.00764. The Balaban J connectivity index is 2.41. The van der Waals surface area contributed by atoms with E-state index >= 15 is 0 Å². The molecule has 0 aliphatic carbocycles. The van der Waals surface area contributed by atoms with Crippen LogP contribution in [-0.2, 0) is 0 Å². The van der Waals surface area contributed by atoms with Crippen molar-refractivity contribution in [3.05, 3.63) is 22.2 Å². The van der Waals surface area contributed by atoms with E-state index in [0.29, 0.717) is 17.1 Å². The number of halogens is 1. The van der Waals surface area contributed by atoms with Crippen molar-refractivity contribution in [2.24, 2.45) is 0 Å². The summed E-state index contributed by atoms with van der Waals surface area (Å²) in [4.78, 5) is 11.7. The molecule has 1 aliphatic heterocycles. The number of likely N-dealkylation sites (N-methyl/N-ethyl adjacent to an activating group) is 1. The van der Waals surface area contributed by atoms with E-state index in [0.717, 1.165) is 4.47 Å². The number of rotatable bonds is 3. The fourth-order valence-corrected chi connectivity index (χ4v) is 1.87. The summed E-state index contributed by atoms with van der Waals surface area (Å²) in [6, 6.07) is 3.52. The van der Waals surface area contributed by atoms with Crippen LogP contribution in [0.3, 0.4) is 0 Å². The number of ether oxygens (including phenoxy) is 2. The van der Waals surface area contributed by atoms with Crippen molar-refractivity contribution < 1.29 is 14.3 Å². The monoisotopic (exact) mass is 271 g/mol. The SMILES string of the molecule is CNCC(=O)c1ccc(Br)c2c1OCO2. The zero-order valence-electron chi connectivity index (χ0n) is 8.17. The molecule has 1 aromatic carbocycles. The van der Waals surface area contributed by atoms with Crippen molar-refractivity contribution in [2.45, 2.75) is 0 Å². The number of ketones is 1. The van der Waals surface area contributed by atoms with Crippen molar-refractivity contribution in [1.29, 1.82) is 0 Å². The van der Waals surface area contributed by atoms with Gasteiger partial charge in [-0.2, -0.15) is 0 Å². The van der Waals surface area contributed by atoms with Gasteiger partial charge in [0.25, 0.3) is 0 Å². The average molecular weight is 272 g/mol. The molecule has 0 unspecified atom stereocenters. The Labute approximate surface area is 95.7 Å². The predicted molar refractivity (Wildman–Crippen MR) is 58.5 cm³/mol. The van der Waals surface area contributed by atoms with E-state index in [1.165, 1.54) is 0 Å². The highest BCUT2D eigenvalue weighted by atomic mass is 79.9. The molecule has 0 saturated heterocycles. The van der Waals surface area contributed by atoms with Crippen molar-refractivity contribution in [3.63, 3.8) is 0 Å². The van der Waals surface area contributed by atoms with E-state index in [-0.39, 0.29) is 19.1 Å². The number of carbonyl (C=O) groups is 1. The average Bonchev–Trinajstić information content (AvgIpc) is 2.68. The first-order valence-electron chi connectivity index (χ1n) is 4.50. The molecule has 1 aromatic rings. The Morgan fingerprint density at radius 1 is 1.47 bits per heavy atom. The van der Waals surface area contributed by atoms with Gasteiger partial charge in [0.15, 0.2) is 17.3 Å². The van der Waals surface area contributed by atoms with Crippen molar-refractivity contribution in [1.82, 2.24) is 5.32 Å². The Bertz CT molecular complexity index is 406. The number of carbonyl (C=O) groups excluding carboxylic acids is 1. The Morgan fingerprint density at radius 3 is 2.93 bits per heavy atom. The highest BCUT2D eigenvalue weighted by Gasteiger charge is 2.23. The van der Waals surface area contributed by atoms with Gasteiger partial charge in [-0.15, -0.1) is 0 Å². The second kappa shape index (κ2) is 4.20. The molecule has 0 amide bonds. The summed E-state index contributed by atoms with van der Waals surface area (Å²) in [5, 5.41) is 2.81. The molecule has 0 radical (unpaired) electrons. The zero-order valence-corrected chi connectivity index (χ0v) is 9.76. The van der Waals surface area contributed by atoms with Gasteiger partial charge in [0.05, 0.1) is 16.6 Å². The molecule has 80 valence electrons. The van der Waals surface area contributed by atoms with Gasteiger partial charge in [0.2, 0.25) is 6.79 Å². The summed E-state index contributed by atoms with van der Waals surface area (Å²) < 4.78 is 11.3. The maximum atomic E-state index is 11.7. The third-order valence-corrected chi connectivity index (χ3v) is 2.73. The molecule has 15 heavy (non-hydrogen) atoms. The van der Waals surface area contributed by atoms with Gasteiger partial charge >= 0.3 is 0 Å². The van der Waals surface area contributed by atoms with E-state index in [4.69, 9.17) is 9.47 Å². The van der Waals surface area contributed by atoms with E-state index < -0.39 is 0 Å². The summed E-state index contributed by atoms with van der Waals surface area (Å²) >= 11 is 3.34. The summed E-state index contributed by atoms with van der Waals surface area (Å²) in [5.41, 5.74) is 0.556. The molecule has 0 atom stereocenters. The number of benzene rings is 1. The lowest BCUT2D eigenvalue weighted by atomic mass is 10.1. The van der Waals surface area contributed by atoms with Gasteiger partial charge in [-0.25, -0.2) is 0 Å². The van der Waals surface area contributed by atoms with Crippen LogP contribution in [0.25, 0.3) is 0 Å². The van der Waals surface area contributed by atoms with E-state index in [9.17, 15) is 4.79 Å². The van der Waals surface area contributed by atoms with E-state index in [1.54, 1.807) is 19.2 Å². The molecule has 5 heteroatoms. The molecule has 0 bridgehead atoms. The van der Waals surface area contributed by atoms with E-state index in [2.05, 4.69) is 21.2 Å². The third kappa shape index (κ3) is 1.85. The highest BCUT2D eigenvalue weighted by Crippen LogP contribution is 2.41. The smallest absolute Gasteiger partial charge is 0.231 e. The van der Waals surface area contributed by atoms with Gasteiger partial charge in [-0.05, 0) is 35.1 Å². The number of nitrogens with one attached hydrogen (secondary N) is 1. The first-order chi connectivity index (χ1) is 7.24. The van der Waals surface area contributed by atoms with Gasteiger partial charge in [0.1, 0.15) is 0 Å². The Morgan fingerprint density at radius 2 is 2.20 bits per heavy atom. The summed E-state index contributed by atoms with van der Waals surface area (Å²) in [7, 11) is 1.73. The maximum Gasteiger partial charge on any atom is 0.231 e. The quantitative estimate of drug-likeness (QED) is 0.849. The second-order valence-corrected chi connectivity index (χ2v) is 3.97. The van der Waals surface area contributed by atoms with Crippen LogP contribution in [0.2, 0.25) is 0 Å². The fourth-order valence-electron chi connectivity index (χ4n) is 1.44. The highest BCUT2D eigenvalue weighted by molar-refractivity contribution is 9.10. The molecule has 1 heterocycles. The molecule has 0 spiro atoms. The lowest BCUT2D eigenvalue weighted by Crippen LogP contribution is -2.18. The minimum Gasteiger partial charge on any atom is -0.453 e. The molecule has 1 aliphatic rings. The normalized spacial score (nSPS) is 12.9. The lowest BCUT2D eigenvalue weighted by molar-refractivity contribution is 0.0989. The van der Waals surface area contributed by atoms with Gasteiger partial charge in [-0.1, -0.05) is 0 Å². The molecular weight excluding hydrogens is 262 g/mol. The fraction of sp³-hybridized carbons (Fsp3) is 0.300. The molecule has 0 aromatic heterocycles. The van der Waals surface area contributed by atoms with Crippen LogP contribution in [0.15, 0.2) is 16.6 Å². The third-order valence-electron chi connectivity index (χ3n) is 2.11. The predicted octanol–water partition coefficient (Wildman–Crippen LogP) is 1.58. The second-order valence-electron chi connectivity index (χ2n) is 3.11. The van der Waals surface area contributed by atoms with Crippen LogP contribution < -0.4 is 14.8 Å². The lowest BCUT2D eigenvalue weighted by Gasteiger charge is -2.05. The van der Waals surface area contributed by atoms with Crippen LogP contribution >= 0.6 is 15.9 Å². The van der Waals surface area contributed by atoms with Crippen molar-refractivity contribution >= 4 is 21.7 Å². The van der Waals surface area contributed by atoms with E-state index in [1.807, 2.05) is 0 Å². The van der Waals surface area contributed by atoms with Crippen molar-refractivity contribution in [3.8, 4) is 11.5 Å². The molecule has 1 N–H and O–H groups in total. The largest absolute Gasteiger partial charge is 0.453 e. The van der Waals surface area contributed by atoms with Crippen LogP contribution in [0.4, 0.5) is 0 Å². The van der Waals surface area contributed by atoms with Crippen LogP contribution in [0.1, 0.15) is 10.4 Å².